The molecule has 1 aromatic carbocycles. The van der Waals surface area contributed by atoms with Gasteiger partial charge in [0.1, 0.15) is 0 Å². The average Bonchev–Trinajstić information content (AvgIpc) is 1.77. The Bertz CT molecular complexity index is 153. The molecule has 0 amide bonds. The highest BCUT2D eigenvalue weighted by atomic mass is 35.5. The van der Waals surface area contributed by atoms with E-state index in [1.165, 1.54) is 0 Å². The molecule has 0 spiro atoms. The molecular weight excluding hydrogens is 207 g/mol. The van der Waals surface area contributed by atoms with Crippen molar-refractivity contribution in [3.63, 3.8) is 0 Å². The zero-order valence-electron chi connectivity index (χ0n) is 5.02. The highest BCUT2D eigenvalue weighted by Crippen LogP contribution is 2.09. The van der Waals surface area contributed by atoms with Crippen LogP contribution in [-0.2, 0) is 0 Å². The lowest BCUT2D eigenvalue weighted by Gasteiger charge is -1.88. The van der Waals surface area contributed by atoms with Crippen LogP contribution in [0.1, 0.15) is 0 Å². The number of thiol groups is 2. The topological polar surface area (TPSA) is 0 Å². The van der Waals surface area contributed by atoms with E-state index in [-0.39, 0.29) is 24.8 Å². The zero-order chi connectivity index (χ0) is 5.98. The van der Waals surface area contributed by atoms with Gasteiger partial charge in [-0.25, -0.2) is 0 Å². The molecule has 0 aliphatic carbocycles. The van der Waals surface area contributed by atoms with Crippen LogP contribution in [0.5, 0.6) is 0 Å². The molecule has 0 heterocycles. The molecule has 0 saturated heterocycles. The van der Waals surface area contributed by atoms with Gasteiger partial charge in [0.25, 0.3) is 0 Å². The molecule has 0 radical (unpaired) electrons. The molecule has 0 fully saturated rings. The van der Waals surface area contributed by atoms with Crippen LogP contribution in [0.15, 0.2) is 34.1 Å². The Balaban J connectivity index is 0. The fraction of sp³-hybridized carbons (Fsp3) is 0. The first kappa shape index (κ1) is 13.1. The molecule has 1 rings (SSSR count). The minimum absolute atomic E-state index is 0. The van der Waals surface area contributed by atoms with Gasteiger partial charge in [-0.05, 0) is 24.3 Å². The molecule has 0 N–H and O–H groups in total. The van der Waals surface area contributed by atoms with Crippen molar-refractivity contribution >= 4 is 50.1 Å². The summed E-state index contributed by atoms with van der Waals surface area (Å²) >= 11 is 8.20. The van der Waals surface area contributed by atoms with Gasteiger partial charge in [-0.1, -0.05) is 0 Å². The van der Waals surface area contributed by atoms with Crippen molar-refractivity contribution in [3.8, 4) is 0 Å². The molecule has 1 aromatic rings. The molecular formula is C6H8Cl2S2. The van der Waals surface area contributed by atoms with Crippen molar-refractivity contribution in [2.75, 3.05) is 0 Å². The van der Waals surface area contributed by atoms with Gasteiger partial charge in [-0.2, -0.15) is 0 Å². The third-order valence-electron chi connectivity index (χ3n) is 0.850. The third kappa shape index (κ3) is 4.34. The Labute approximate surface area is 84.0 Å². The highest BCUT2D eigenvalue weighted by molar-refractivity contribution is 7.80. The third-order valence-corrected chi connectivity index (χ3v) is 1.45. The number of rotatable bonds is 0. The van der Waals surface area contributed by atoms with Gasteiger partial charge < -0.3 is 0 Å². The predicted octanol–water partition coefficient (Wildman–Crippen LogP) is 3.11. The maximum absolute atomic E-state index is 4.10. The van der Waals surface area contributed by atoms with Gasteiger partial charge in [0.05, 0.1) is 0 Å². The van der Waals surface area contributed by atoms with Crippen LogP contribution in [0.4, 0.5) is 0 Å². The maximum atomic E-state index is 4.10. The molecule has 0 bridgehead atoms. The first-order valence-electron chi connectivity index (χ1n) is 2.27. The molecule has 58 valence electrons. The van der Waals surface area contributed by atoms with Crippen molar-refractivity contribution in [2.45, 2.75) is 9.79 Å². The predicted molar refractivity (Wildman–Crippen MR) is 55.4 cm³/mol. The Kier molecular flexibility index (Phi) is 8.17. The normalized spacial score (nSPS) is 7.40. The van der Waals surface area contributed by atoms with Gasteiger partial charge in [0, 0.05) is 9.79 Å². The standard InChI is InChI=1S/C6H6S2.2ClH/c7-5-1-2-6(8)4-3-5;;/h1-4,7-8H;2*1H. The summed E-state index contributed by atoms with van der Waals surface area (Å²) in [5.41, 5.74) is 0. The monoisotopic (exact) mass is 214 g/mol. The van der Waals surface area contributed by atoms with Crippen molar-refractivity contribution < 1.29 is 0 Å². The largest absolute Gasteiger partial charge is 0.147 e. The smallest absolute Gasteiger partial charge is 0.00407 e. The minimum Gasteiger partial charge on any atom is -0.147 e. The van der Waals surface area contributed by atoms with E-state index in [0.717, 1.165) is 9.79 Å². The first-order valence-corrected chi connectivity index (χ1v) is 3.16. The molecule has 4 heteroatoms. The Morgan fingerprint density at radius 1 is 0.700 bits per heavy atom. The van der Waals surface area contributed by atoms with Gasteiger partial charge in [0.2, 0.25) is 0 Å². The fourth-order valence-corrected chi connectivity index (χ4v) is 0.751. The number of hydrogen-bond donors (Lipinski definition) is 2. The Morgan fingerprint density at radius 3 is 1.10 bits per heavy atom. The van der Waals surface area contributed by atoms with Crippen LogP contribution in [0.2, 0.25) is 0 Å². The summed E-state index contributed by atoms with van der Waals surface area (Å²) in [6.45, 7) is 0. The minimum atomic E-state index is 0. The summed E-state index contributed by atoms with van der Waals surface area (Å²) in [5.74, 6) is 0. The van der Waals surface area contributed by atoms with E-state index in [9.17, 15) is 0 Å². The molecule has 0 aliphatic heterocycles. The van der Waals surface area contributed by atoms with Crippen LogP contribution in [-0.4, -0.2) is 0 Å². The summed E-state index contributed by atoms with van der Waals surface area (Å²) in [7, 11) is 0. The average molecular weight is 215 g/mol. The van der Waals surface area contributed by atoms with E-state index < -0.39 is 0 Å². The van der Waals surface area contributed by atoms with Crippen LogP contribution in [0.3, 0.4) is 0 Å². The summed E-state index contributed by atoms with van der Waals surface area (Å²) < 4.78 is 0. The maximum Gasteiger partial charge on any atom is 0.00407 e. The van der Waals surface area contributed by atoms with E-state index >= 15 is 0 Å². The molecule has 0 aromatic heterocycles. The summed E-state index contributed by atoms with van der Waals surface area (Å²) in [4.78, 5) is 1.95. The summed E-state index contributed by atoms with van der Waals surface area (Å²) in [6, 6.07) is 7.63. The van der Waals surface area contributed by atoms with Crippen LogP contribution in [0, 0.1) is 0 Å². The Morgan fingerprint density at radius 2 is 0.900 bits per heavy atom. The number of hydrogen-bond acceptors (Lipinski definition) is 2. The molecule has 10 heavy (non-hydrogen) atoms. The molecule has 0 atom stereocenters. The fourth-order valence-electron chi connectivity index (χ4n) is 0.453. The summed E-state index contributed by atoms with van der Waals surface area (Å²) in [6.07, 6.45) is 0. The molecule has 0 unspecified atom stereocenters. The van der Waals surface area contributed by atoms with Gasteiger partial charge in [0.15, 0.2) is 0 Å². The lowest BCUT2D eigenvalue weighted by molar-refractivity contribution is 1.37. The van der Waals surface area contributed by atoms with Crippen molar-refractivity contribution in [1.82, 2.24) is 0 Å². The second-order valence-corrected chi connectivity index (χ2v) is 2.55. The van der Waals surface area contributed by atoms with E-state index in [2.05, 4.69) is 25.3 Å². The van der Waals surface area contributed by atoms with Crippen LogP contribution >= 0.6 is 50.1 Å². The van der Waals surface area contributed by atoms with E-state index in [1.807, 2.05) is 24.3 Å². The van der Waals surface area contributed by atoms with Crippen molar-refractivity contribution in [2.24, 2.45) is 0 Å². The second-order valence-electron chi connectivity index (χ2n) is 1.52. The van der Waals surface area contributed by atoms with E-state index in [1.54, 1.807) is 0 Å². The van der Waals surface area contributed by atoms with Gasteiger partial charge in [-0.3, -0.25) is 0 Å². The van der Waals surface area contributed by atoms with Crippen molar-refractivity contribution in [1.29, 1.82) is 0 Å². The first-order chi connectivity index (χ1) is 3.79. The lowest BCUT2D eigenvalue weighted by atomic mass is 10.4. The van der Waals surface area contributed by atoms with Crippen LogP contribution in [0.25, 0.3) is 0 Å². The molecule has 0 aliphatic rings. The van der Waals surface area contributed by atoms with Gasteiger partial charge in [-0.15, -0.1) is 50.1 Å². The number of halogens is 2. The van der Waals surface area contributed by atoms with Gasteiger partial charge >= 0.3 is 0 Å². The van der Waals surface area contributed by atoms with E-state index in [0.29, 0.717) is 0 Å². The van der Waals surface area contributed by atoms with Crippen molar-refractivity contribution in [3.05, 3.63) is 24.3 Å². The lowest BCUT2D eigenvalue weighted by Crippen LogP contribution is -1.63. The SMILES string of the molecule is Cl.Cl.Sc1ccc(S)cc1. The quantitative estimate of drug-likeness (QED) is 0.610. The second kappa shape index (κ2) is 6.23. The molecule has 0 saturated carbocycles. The molecule has 0 nitrogen and oxygen atoms in total. The zero-order valence-corrected chi connectivity index (χ0v) is 8.44. The number of benzene rings is 1. The summed E-state index contributed by atoms with van der Waals surface area (Å²) in [5, 5.41) is 0. The highest BCUT2D eigenvalue weighted by Gasteiger charge is 1.81. The van der Waals surface area contributed by atoms with Crippen LogP contribution < -0.4 is 0 Å². The van der Waals surface area contributed by atoms with E-state index in [4.69, 9.17) is 0 Å². The Hall–Kier alpha value is 0.500.